The molecule has 24 heavy (non-hydrogen) atoms. The second-order valence-electron chi connectivity index (χ2n) is 5.56. The van der Waals surface area contributed by atoms with Crippen LogP contribution in [0, 0.1) is 5.82 Å². The predicted molar refractivity (Wildman–Crippen MR) is 90.9 cm³/mol. The van der Waals surface area contributed by atoms with E-state index < -0.39 is 5.82 Å². The number of ketones is 1. The first-order valence-corrected chi connectivity index (χ1v) is 7.77. The molecule has 0 spiro atoms. The Morgan fingerprint density at radius 3 is 2.67 bits per heavy atom. The van der Waals surface area contributed by atoms with Crippen molar-refractivity contribution in [2.75, 3.05) is 31.2 Å². The molecule has 1 aliphatic rings. The zero-order valence-corrected chi connectivity index (χ0v) is 13.1. The van der Waals surface area contributed by atoms with Crippen LogP contribution in [0.1, 0.15) is 15.9 Å². The van der Waals surface area contributed by atoms with Crippen LogP contribution in [0.4, 0.5) is 10.1 Å². The molecular weight excluding hydrogens is 309 g/mol. The van der Waals surface area contributed by atoms with Gasteiger partial charge in [0.05, 0.1) is 18.9 Å². The van der Waals surface area contributed by atoms with Gasteiger partial charge in [-0.15, -0.1) is 0 Å². The summed E-state index contributed by atoms with van der Waals surface area (Å²) in [6.45, 7) is 2.43. The number of allylic oxidation sites excluding steroid dienone is 1. The van der Waals surface area contributed by atoms with Gasteiger partial charge in [-0.05, 0) is 42.0 Å². The summed E-state index contributed by atoms with van der Waals surface area (Å²) in [6, 6.07) is 11.1. The summed E-state index contributed by atoms with van der Waals surface area (Å²) in [5, 5.41) is 9.40. The molecule has 3 rings (SSSR count). The third kappa shape index (κ3) is 3.81. The third-order valence-corrected chi connectivity index (χ3v) is 3.88. The zero-order valence-electron chi connectivity index (χ0n) is 13.1. The van der Waals surface area contributed by atoms with Crippen molar-refractivity contribution in [3.05, 3.63) is 65.5 Å². The highest BCUT2D eigenvalue weighted by atomic mass is 19.1. The number of aromatic hydroxyl groups is 1. The van der Waals surface area contributed by atoms with Gasteiger partial charge in [0.15, 0.2) is 5.78 Å². The Kier molecular flexibility index (Phi) is 4.91. The fourth-order valence-corrected chi connectivity index (χ4v) is 2.62. The van der Waals surface area contributed by atoms with Gasteiger partial charge in [0.2, 0.25) is 0 Å². The number of halogens is 1. The van der Waals surface area contributed by atoms with E-state index in [1.54, 1.807) is 42.5 Å². The fraction of sp³-hybridized carbons (Fsp3) is 0.211. The number of anilines is 1. The first-order valence-electron chi connectivity index (χ1n) is 7.77. The molecule has 0 atom stereocenters. The molecule has 0 radical (unpaired) electrons. The van der Waals surface area contributed by atoms with Crippen molar-refractivity contribution in [2.24, 2.45) is 0 Å². The maximum absolute atomic E-state index is 14.3. The van der Waals surface area contributed by atoms with Gasteiger partial charge in [-0.25, -0.2) is 4.39 Å². The van der Waals surface area contributed by atoms with E-state index in [0.29, 0.717) is 43.1 Å². The van der Waals surface area contributed by atoms with E-state index in [1.807, 2.05) is 4.90 Å². The molecule has 0 unspecified atom stereocenters. The largest absolute Gasteiger partial charge is 0.508 e. The normalized spacial score (nSPS) is 15.0. The summed E-state index contributed by atoms with van der Waals surface area (Å²) < 4.78 is 19.6. The van der Waals surface area contributed by atoms with Crippen molar-refractivity contribution < 1.29 is 19.0 Å². The van der Waals surface area contributed by atoms with Crippen LogP contribution in [-0.4, -0.2) is 37.2 Å². The van der Waals surface area contributed by atoms with E-state index in [-0.39, 0.29) is 11.5 Å². The number of morpholine rings is 1. The number of benzene rings is 2. The van der Waals surface area contributed by atoms with Gasteiger partial charge in [-0.2, -0.15) is 0 Å². The standard InChI is InChI=1S/C19H18FNO3/c20-17-13-15(5-6-18(17)21-8-10-24-11-9-21)19(23)7-4-14-2-1-3-16(22)12-14/h1-7,12-13,22H,8-11H2/b7-4-. The number of ether oxygens (including phenoxy) is 1. The summed E-state index contributed by atoms with van der Waals surface area (Å²) >= 11 is 0. The van der Waals surface area contributed by atoms with Gasteiger partial charge in [-0.1, -0.05) is 18.2 Å². The summed E-state index contributed by atoms with van der Waals surface area (Å²) in [7, 11) is 0. The minimum atomic E-state index is -0.409. The molecule has 0 saturated carbocycles. The average Bonchev–Trinajstić information content (AvgIpc) is 2.60. The van der Waals surface area contributed by atoms with Crippen LogP contribution >= 0.6 is 0 Å². The molecule has 0 aliphatic carbocycles. The molecule has 4 nitrogen and oxygen atoms in total. The Morgan fingerprint density at radius 1 is 1.17 bits per heavy atom. The van der Waals surface area contributed by atoms with E-state index in [9.17, 15) is 14.3 Å². The second kappa shape index (κ2) is 7.27. The number of phenolic OH excluding ortho intramolecular Hbond substituents is 1. The Hall–Kier alpha value is -2.66. The Balaban J connectivity index is 1.74. The number of hydrogen-bond donors (Lipinski definition) is 1. The lowest BCUT2D eigenvalue weighted by atomic mass is 10.1. The lowest BCUT2D eigenvalue weighted by Crippen LogP contribution is -2.36. The molecule has 1 N–H and O–H groups in total. The Bertz CT molecular complexity index is 767. The number of carbonyl (C=O) groups is 1. The smallest absolute Gasteiger partial charge is 0.185 e. The predicted octanol–water partition coefficient (Wildman–Crippen LogP) is 3.26. The lowest BCUT2D eigenvalue weighted by molar-refractivity contribution is 0.104. The monoisotopic (exact) mass is 327 g/mol. The van der Waals surface area contributed by atoms with Crippen LogP contribution in [-0.2, 0) is 4.74 Å². The molecule has 2 aromatic carbocycles. The first-order chi connectivity index (χ1) is 11.6. The second-order valence-corrected chi connectivity index (χ2v) is 5.56. The molecule has 124 valence electrons. The highest BCUT2D eigenvalue weighted by molar-refractivity contribution is 6.07. The molecule has 1 saturated heterocycles. The van der Waals surface area contributed by atoms with E-state index in [4.69, 9.17) is 4.74 Å². The number of carbonyl (C=O) groups excluding carboxylic acids is 1. The molecule has 0 aromatic heterocycles. The molecule has 2 aromatic rings. The van der Waals surface area contributed by atoms with Crippen molar-refractivity contribution in [1.82, 2.24) is 0 Å². The van der Waals surface area contributed by atoms with Gasteiger partial charge in [-0.3, -0.25) is 4.79 Å². The maximum atomic E-state index is 14.3. The molecule has 5 heteroatoms. The van der Waals surface area contributed by atoms with Crippen molar-refractivity contribution in [1.29, 1.82) is 0 Å². The Labute approximate surface area is 139 Å². The summed E-state index contributed by atoms with van der Waals surface area (Å²) in [5.74, 6) is -0.565. The molecule has 1 fully saturated rings. The number of hydrogen-bond acceptors (Lipinski definition) is 4. The van der Waals surface area contributed by atoms with E-state index in [0.717, 1.165) is 0 Å². The number of nitrogens with zero attached hydrogens (tertiary/aromatic N) is 1. The molecule has 0 bridgehead atoms. The number of rotatable bonds is 4. The summed E-state index contributed by atoms with van der Waals surface area (Å²) in [4.78, 5) is 14.1. The molecule has 1 heterocycles. The van der Waals surface area contributed by atoms with E-state index in [1.165, 1.54) is 12.1 Å². The quantitative estimate of drug-likeness (QED) is 0.692. The van der Waals surface area contributed by atoms with Crippen LogP contribution in [0.3, 0.4) is 0 Å². The highest BCUT2D eigenvalue weighted by Gasteiger charge is 2.16. The lowest BCUT2D eigenvalue weighted by Gasteiger charge is -2.29. The van der Waals surface area contributed by atoms with Crippen molar-refractivity contribution in [3.8, 4) is 5.75 Å². The molecule has 0 amide bonds. The van der Waals surface area contributed by atoms with E-state index >= 15 is 0 Å². The number of phenols is 1. The topological polar surface area (TPSA) is 49.8 Å². The average molecular weight is 327 g/mol. The van der Waals surface area contributed by atoms with Gasteiger partial charge in [0, 0.05) is 18.7 Å². The van der Waals surface area contributed by atoms with Gasteiger partial charge in [0.25, 0.3) is 0 Å². The van der Waals surface area contributed by atoms with Crippen molar-refractivity contribution >= 4 is 17.5 Å². The highest BCUT2D eigenvalue weighted by Crippen LogP contribution is 2.22. The van der Waals surface area contributed by atoms with E-state index in [2.05, 4.69) is 0 Å². The van der Waals surface area contributed by atoms with Crippen LogP contribution in [0.5, 0.6) is 5.75 Å². The zero-order chi connectivity index (χ0) is 16.9. The third-order valence-electron chi connectivity index (χ3n) is 3.88. The van der Waals surface area contributed by atoms with Crippen molar-refractivity contribution in [2.45, 2.75) is 0 Å². The SMILES string of the molecule is O=C(/C=C\c1cccc(O)c1)c1ccc(N2CCOCC2)c(F)c1. The minimum absolute atomic E-state index is 0.130. The van der Waals surface area contributed by atoms with Crippen LogP contribution < -0.4 is 4.90 Å². The van der Waals surface area contributed by atoms with Crippen LogP contribution in [0.15, 0.2) is 48.5 Å². The molecular formula is C19H18FNO3. The molecule has 1 aliphatic heterocycles. The maximum Gasteiger partial charge on any atom is 0.185 e. The first kappa shape index (κ1) is 16.2. The fourth-order valence-electron chi connectivity index (χ4n) is 2.62. The van der Waals surface area contributed by atoms with Gasteiger partial charge in [0.1, 0.15) is 11.6 Å². The van der Waals surface area contributed by atoms with Gasteiger partial charge >= 0.3 is 0 Å². The van der Waals surface area contributed by atoms with Gasteiger partial charge < -0.3 is 14.7 Å². The van der Waals surface area contributed by atoms with Crippen LogP contribution in [0.2, 0.25) is 0 Å². The summed E-state index contributed by atoms with van der Waals surface area (Å²) in [5.41, 5.74) is 1.49. The summed E-state index contributed by atoms with van der Waals surface area (Å²) in [6.07, 6.45) is 2.97. The van der Waals surface area contributed by atoms with Crippen LogP contribution in [0.25, 0.3) is 6.08 Å². The van der Waals surface area contributed by atoms with Crippen molar-refractivity contribution in [3.63, 3.8) is 0 Å². The minimum Gasteiger partial charge on any atom is -0.508 e. The Morgan fingerprint density at radius 2 is 1.96 bits per heavy atom.